The minimum atomic E-state index is -0.976. The highest BCUT2D eigenvalue weighted by Gasteiger charge is 2.16. The smallest absolute Gasteiger partial charge is 0.337 e. The Kier molecular flexibility index (Phi) is 1.73. The van der Waals surface area contributed by atoms with Crippen molar-refractivity contribution in [2.24, 2.45) is 0 Å². The molecule has 0 unspecified atom stereocenters. The minimum absolute atomic E-state index is 0.223. The molecular weight excluding hydrogens is 184 g/mol. The van der Waals surface area contributed by atoms with Gasteiger partial charge in [0.2, 0.25) is 0 Å². The molecule has 72 valence electrons. The third-order valence-corrected chi connectivity index (χ3v) is 2.18. The molecule has 0 atom stereocenters. The monoisotopic (exact) mass is 192 g/mol. The first kappa shape index (κ1) is 8.68. The predicted octanol–water partition coefficient (Wildman–Crippen LogP) is 1.54. The molecule has 0 aliphatic rings. The van der Waals surface area contributed by atoms with Crippen LogP contribution in [0.3, 0.4) is 0 Å². The molecule has 0 fully saturated rings. The van der Waals surface area contributed by atoms with Crippen LogP contribution in [0.25, 0.3) is 11.1 Å². The number of hydrogen-bond acceptors (Lipinski definition) is 4. The number of pyridine rings is 1. The normalized spacial score (nSPS) is 10.7. The summed E-state index contributed by atoms with van der Waals surface area (Å²) in [5, 5.41) is 13.2. The van der Waals surface area contributed by atoms with Gasteiger partial charge in [0.25, 0.3) is 5.71 Å². The van der Waals surface area contributed by atoms with E-state index in [1.54, 1.807) is 13.8 Å². The molecule has 0 amide bonds. The third kappa shape index (κ3) is 1.06. The van der Waals surface area contributed by atoms with E-state index in [9.17, 15) is 4.79 Å². The summed E-state index contributed by atoms with van der Waals surface area (Å²) in [6, 6.07) is 0. The Balaban J connectivity index is 2.89. The molecule has 5 heteroatoms. The van der Waals surface area contributed by atoms with Crippen LogP contribution >= 0.6 is 0 Å². The van der Waals surface area contributed by atoms with Crippen LogP contribution in [0.1, 0.15) is 21.6 Å². The van der Waals surface area contributed by atoms with Crippen LogP contribution < -0.4 is 0 Å². The fourth-order valence-corrected chi connectivity index (χ4v) is 1.50. The molecule has 0 saturated heterocycles. The topological polar surface area (TPSA) is 76.2 Å². The summed E-state index contributed by atoms with van der Waals surface area (Å²) in [4.78, 5) is 14.9. The summed E-state index contributed by atoms with van der Waals surface area (Å²) in [7, 11) is 0. The van der Waals surface area contributed by atoms with Crippen molar-refractivity contribution in [3.63, 3.8) is 0 Å². The second-order valence-corrected chi connectivity index (χ2v) is 3.05. The van der Waals surface area contributed by atoms with Crippen LogP contribution in [0.5, 0.6) is 0 Å². The molecule has 0 aliphatic carbocycles. The maximum absolute atomic E-state index is 10.9. The molecule has 0 radical (unpaired) electrons. The summed E-state index contributed by atoms with van der Waals surface area (Å²) < 4.78 is 4.86. The highest BCUT2D eigenvalue weighted by molar-refractivity contribution is 5.95. The molecule has 14 heavy (non-hydrogen) atoms. The number of carboxylic acid groups (broad SMARTS) is 1. The maximum atomic E-state index is 10.9. The van der Waals surface area contributed by atoms with Gasteiger partial charge in [-0.25, -0.2) is 9.78 Å². The first-order chi connectivity index (χ1) is 6.61. The van der Waals surface area contributed by atoms with Crippen LogP contribution in [0.15, 0.2) is 10.7 Å². The van der Waals surface area contributed by atoms with Crippen molar-refractivity contribution >= 4 is 17.1 Å². The van der Waals surface area contributed by atoms with Gasteiger partial charge in [-0.2, -0.15) is 0 Å². The van der Waals surface area contributed by atoms with E-state index in [4.69, 9.17) is 9.63 Å². The zero-order valence-electron chi connectivity index (χ0n) is 7.74. The zero-order valence-corrected chi connectivity index (χ0v) is 7.74. The Labute approximate surface area is 79.3 Å². The number of aromatic carboxylic acids is 1. The van der Waals surface area contributed by atoms with E-state index < -0.39 is 5.97 Å². The number of carbonyl (C=O) groups is 1. The van der Waals surface area contributed by atoms with Crippen molar-refractivity contribution in [1.29, 1.82) is 0 Å². The Morgan fingerprint density at radius 2 is 2.21 bits per heavy atom. The quantitative estimate of drug-likeness (QED) is 0.741. The second-order valence-electron chi connectivity index (χ2n) is 3.05. The van der Waals surface area contributed by atoms with Crippen molar-refractivity contribution < 1.29 is 14.4 Å². The van der Waals surface area contributed by atoms with Crippen molar-refractivity contribution in [3.8, 4) is 0 Å². The van der Waals surface area contributed by atoms with Gasteiger partial charge >= 0.3 is 5.97 Å². The van der Waals surface area contributed by atoms with Crippen LogP contribution in [0.2, 0.25) is 0 Å². The molecule has 0 bridgehead atoms. The number of carboxylic acids is 1. The molecule has 2 rings (SSSR count). The van der Waals surface area contributed by atoms with Crippen LogP contribution in [-0.2, 0) is 0 Å². The van der Waals surface area contributed by atoms with Gasteiger partial charge in [-0.15, -0.1) is 0 Å². The Morgan fingerprint density at radius 1 is 1.50 bits per heavy atom. The largest absolute Gasteiger partial charge is 0.478 e. The lowest BCUT2D eigenvalue weighted by Crippen LogP contribution is -2.04. The van der Waals surface area contributed by atoms with Crippen molar-refractivity contribution in [2.75, 3.05) is 0 Å². The minimum Gasteiger partial charge on any atom is -0.478 e. The Bertz CT molecular complexity index is 516. The third-order valence-electron chi connectivity index (χ3n) is 2.18. The lowest BCUT2D eigenvalue weighted by molar-refractivity contribution is 0.0695. The SMILES string of the molecule is Cc1nc2oncc2c(C)c1C(=O)O. The van der Waals surface area contributed by atoms with E-state index in [0.717, 1.165) is 0 Å². The van der Waals surface area contributed by atoms with E-state index in [0.29, 0.717) is 22.4 Å². The average Bonchev–Trinajstić information content (AvgIpc) is 2.50. The number of aromatic nitrogens is 2. The van der Waals surface area contributed by atoms with E-state index in [2.05, 4.69) is 10.1 Å². The van der Waals surface area contributed by atoms with Crippen LogP contribution in [0.4, 0.5) is 0 Å². The average molecular weight is 192 g/mol. The lowest BCUT2D eigenvalue weighted by Gasteiger charge is -2.03. The molecule has 5 nitrogen and oxygen atoms in total. The van der Waals surface area contributed by atoms with Gasteiger partial charge in [0.15, 0.2) is 0 Å². The van der Waals surface area contributed by atoms with E-state index in [1.807, 2.05) is 0 Å². The summed E-state index contributed by atoms with van der Waals surface area (Å²) in [6.45, 7) is 3.36. The molecule has 2 aromatic rings. The summed E-state index contributed by atoms with van der Waals surface area (Å²) in [6.07, 6.45) is 1.48. The number of fused-ring (bicyclic) bond motifs is 1. The molecule has 0 spiro atoms. The fraction of sp³-hybridized carbons (Fsp3) is 0.222. The first-order valence-electron chi connectivity index (χ1n) is 4.06. The molecular formula is C9H8N2O3. The number of hydrogen-bond donors (Lipinski definition) is 1. The molecule has 2 aromatic heterocycles. The maximum Gasteiger partial charge on any atom is 0.337 e. The first-order valence-corrected chi connectivity index (χ1v) is 4.06. The Morgan fingerprint density at radius 3 is 2.86 bits per heavy atom. The standard InChI is InChI=1S/C9H8N2O3/c1-4-6-3-10-14-8(6)11-5(2)7(4)9(12)13/h3H,1-2H3,(H,12,13). The number of aryl methyl sites for hydroxylation is 2. The lowest BCUT2D eigenvalue weighted by atomic mass is 10.1. The number of rotatable bonds is 1. The van der Waals surface area contributed by atoms with Gasteiger partial charge in [-0.3, -0.25) is 0 Å². The van der Waals surface area contributed by atoms with Gasteiger partial charge in [0.1, 0.15) is 0 Å². The number of nitrogens with zero attached hydrogens (tertiary/aromatic N) is 2. The molecule has 2 heterocycles. The zero-order chi connectivity index (χ0) is 10.3. The van der Waals surface area contributed by atoms with Crippen LogP contribution in [-0.4, -0.2) is 21.2 Å². The molecule has 0 saturated carbocycles. The summed E-state index contributed by atoms with van der Waals surface area (Å²) >= 11 is 0. The van der Waals surface area contributed by atoms with Gasteiger partial charge < -0.3 is 9.63 Å². The van der Waals surface area contributed by atoms with Crippen molar-refractivity contribution in [2.45, 2.75) is 13.8 Å². The highest BCUT2D eigenvalue weighted by atomic mass is 16.5. The van der Waals surface area contributed by atoms with Crippen molar-refractivity contribution in [3.05, 3.63) is 23.0 Å². The fourth-order valence-electron chi connectivity index (χ4n) is 1.50. The molecule has 0 aromatic carbocycles. The predicted molar refractivity (Wildman–Crippen MR) is 48.2 cm³/mol. The second kappa shape index (κ2) is 2.80. The van der Waals surface area contributed by atoms with E-state index >= 15 is 0 Å². The summed E-state index contributed by atoms with van der Waals surface area (Å²) in [5.74, 6) is -0.976. The van der Waals surface area contributed by atoms with E-state index in [1.165, 1.54) is 6.20 Å². The highest BCUT2D eigenvalue weighted by Crippen LogP contribution is 2.21. The summed E-state index contributed by atoms with van der Waals surface area (Å²) in [5.41, 5.74) is 1.69. The molecule has 0 aliphatic heterocycles. The Hall–Kier alpha value is -1.91. The molecule has 1 N–H and O–H groups in total. The van der Waals surface area contributed by atoms with Gasteiger partial charge in [0, 0.05) is 0 Å². The van der Waals surface area contributed by atoms with Gasteiger partial charge in [-0.05, 0) is 19.4 Å². The van der Waals surface area contributed by atoms with Gasteiger partial charge in [0.05, 0.1) is 22.8 Å². The van der Waals surface area contributed by atoms with Crippen molar-refractivity contribution in [1.82, 2.24) is 10.1 Å². The van der Waals surface area contributed by atoms with Crippen LogP contribution in [0, 0.1) is 13.8 Å². The van der Waals surface area contributed by atoms with Gasteiger partial charge in [-0.1, -0.05) is 5.16 Å². The van der Waals surface area contributed by atoms with E-state index in [-0.39, 0.29) is 5.56 Å².